The molecule has 0 N–H and O–H groups in total. The number of aromatic nitrogens is 1. The first-order valence-electron chi connectivity index (χ1n) is 8.68. The van der Waals surface area contributed by atoms with E-state index >= 15 is 0 Å². The molecule has 4 nitrogen and oxygen atoms in total. The molecule has 1 saturated heterocycles. The molecule has 122 valence electrons. The monoisotopic (exact) mass is 312 g/mol. The summed E-state index contributed by atoms with van der Waals surface area (Å²) >= 11 is 0. The van der Waals surface area contributed by atoms with Gasteiger partial charge in [-0.25, -0.2) is 0 Å². The van der Waals surface area contributed by atoms with Gasteiger partial charge in [-0.1, -0.05) is 6.42 Å². The Labute approximate surface area is 137 Å². The fraction of sp³-hybridized carbons (Fsp3) is 0.526. The van der Waals surface area contributed by atoms with Gasteiger partial charge in [-0.15, -0.1) is 0 Å². The van der Waals surface area contributed by atoms with Crippen molar-refractivity contribution < 1.29 is 9.53 Å². The minimum absolute atomic E-state index is 0.271. The standard InChI is InChI=1S/C19H24N2O2/c1-23-16-7-8-17-15(12-16)9-11-20(17)13-19(22)21-10-3-6-18(21)14-4-2-5-14/h7-9,11-12,14,18H,2-6,10,13H2,1H3/t18-/m0/s1. The summed E-state index contributed by atoms with van der Waals surface area (Å²) in [5, 5.41) is 1.12. The van der Waals surface area contributed by atoms with Gasteiger partial charge in [0, 0.05) is 29.7 Å². The Kier molecular flexibility index (Phi) is 3.76. The van der Waals surface area contributed by atoms with Crippen LogP contribution < -0.4 is 4.74 Å². The van der Waals surface area contributed by atoms with E-state index in [4.69, 9.17) is 4.74 Å². The molecule has 4 rings (SSSR count). The maximum absolute atomic E-state index is 12.8. The second-order valence-electron chi connectivity index (χ2n) is 6.86. The van der Waals surface area contributed by atoms with Crippen LogP contribution in [0.3, 0.4) is 0 Å². The molecule has 1 atom stereocenters. The first-order chi connectivity index (χ1) is 11.3. The van der Waals surface area contributed by atoms with E-state index in [0.717, 1.165) is 35.5 Å². The number of ether oxygens (including phenoxy) is 1. The number of methoxy groups -OCH3 is 1. The number of carbonyl (C=O) groups is 1. The third-order valence-corrected chi connectivity index (χ3v) is 5.60. The number of carbonyl (C=O) groups excluding carboxylic acids is 1. The number of likely N-dealkylation sites (tertiary alicyclic amines) is 1. The van der Waals surface area contributed by atoms with Gasteiger partial charge >= 0.3 is 0 Å². The van der Waals surface area contributed by atoms with Gasteiger partial charge in [0.05, 0.1) is 7.11 Å². The molecule has 2 aromatic rings. The highest BCUT2D eigenvalue weighted by atomic mass is 16.5. The summed E-state index contributed by atoms with van der Waals surface area (Å²) in [4.78, 5) is 15.0. The van der Waals surface area contributed by atoms with Crippen LogP contribution in [0.1, 0.15) is 32.1 Å². The minimum Gasteiger partial charge on any atom is -0.497 e. The van der Waals surface area contributed by atoms with Crippen molar-refractivity contribution in [1.29, 1.82) is 0 Å². The van der Waals surface area contributed by atoms with E-state index in [9.17, 15) is 4.79 Å². The lowest BCUT2D eigenvalue weighted by molar-refractivity contribution is -0.134. The number of hydrogen-bond donors (Lipinski definition) is 0. The highest BCUT2D eigenvalue weighted by Gasteiger charge is 2.37. The second-order valence-corrected chi connectivity index (χ2v) is 6.86. The summed E-state index contributed by atoms with van der Waals surface area (Å²) in [6, 6.07) is 8.56. The Hall–Kier alpha value is -1.97. The molecular formula is C19H24N2O2. The van der Waals surface area contributed by atoms with Crippen LogP contribution in [0, 0.1) is 5.92 Å². The van der Waals surface area contributed by atoms with E-state index in [0.29, 0.717) is 12.6 Å². The van der Waals surface area contributed by atoms with Crippen molar-refractivity contribution in [3.05, 3.63) is 30.5 Å². The fourth-order valence-corrected chi connectivity index (χ4v) is 4.10. The number of rotatable bonds is 4. The maximum atomic E-state index is 12.8. The fourth-order valence-electron chi connectivity index (χ4n) is 4.10. The zero-order chi connectivity index (χ0) is 15.8. The average molecular weight is 312 g/mol. The molecule has 1 aliphatic heterocycles. The Bertz CT molecular complexity index is 717. The molecule has 1 saturated carbocycles. The number of amides is 1. The topological polar surface area (TPSA) is 34.5 Å². The van der Waals surface area contributed by atoms with Crippen LogP contribution in [0.15, 0.2) is 30.5 Å². The molecule has 0 bridgehead atoms. The minimum atomic E-state index is 0.271. The lowest BCUT2D eigenvalue weighted by atomic mass is 9.79. The first-order valence-corrected chi connectivity index (χ1v) is 8.68. The van der Waals surface area contributed by atoms with Crippen LogP contribution in [0.2, 0.25) is 0 Å². The Balaban J connectivity index is 1.52. The van der Waals surface area contributed by atoms with Gasteiger partial charge < -0.3 is 14.2 Å². The SMILES string of the molecule is COc1ccc2c(ccn2CC(=O)N2CCC[C@H]2C2CCC2)c1. The van der Waals surface area contributed by atoms with Crippen molar-refractivity contribution in [2.45, 2.75) is 44.7 Å². The van der Waals surface area contributed by atoms with Crippen LogP contribution in [-0.2, 0) is 11.3 Å². The molecule has 1 aliphatic carbocycles. The second kappa shape index (κ2) is 5.91. The lowest BCUT2D eigenvalue weighted by Crippen LogP contribution is -2.43. The van der Waals surface area contributed by atoms with Crippen molar-refractivity contribution in [3.63, 3.8) is 0 Å². The number of nitrogens with zero attached hydrogens (tertiary/aromatic N) is 2. The molecule has 0 radical (unpaired) electrons. The van der Waals surface area contributed by atoms with Gasteiger partial charge in [0.1, 0.15) is 12.3 Å². The Morgan fingerprint density at radius 1 is 1.22 bits per heavy atom. The van der Waals surface area contributed by atoms with E-state index in [1.807, 2.05) is 24.4 Å². The molecule has 4 heteroatoms. The lowest BCUT2D eigenvalue weighted by Gasteiger charge is -2.37. The third-order valence-electron chi connectivity index (χ3n) is 5.60. The van der Waals surface area contributed by atoms with E-state index in [-0.39, 0.29) is 5.91 Å². The summed E-state index contributed by atoms with van der Waals surface area (Å²) in [6.45, 7) is 1.38. The third kappa shape index (κ3) is 2.60. The Morgan fingerprint density at radius 2 is 2.09 bits per heavy atom. The smallest absolute Gasteiger partial charge is 0.242 e. The Morgan fingerprint density at radius 3 is 2.83 bits per heavy atom. The van der Waals surface area contributed by atoms with Crippen molar-refractivity contribution in [3.8, 4) is 5.75 Å². The van der Waals surface area contributed by atoms with Crippen molar-refractivity contribution >= 4 is 16.8 Å². The van der Waals surface area contributed by atoms with Crippen LogP contribution in [-0.4, -0.2) is 35.1 Å². The predicted octanol–water partition coefficient (Wildman–Crippen LogP) is 3.44. The predicted molar refractivity (Wildman–Crippen MR) is 90.6 cm³/mol. The summed E-state index contributed by atoms with van der Waals surface area (Å²) in [6.07, 6.45) is 8.32. The van der Waals surface area contributed by atoms with Crippen LogP contribution in [0.25, 0.3) is 10.9 Å². The summed E-state index contributed by atoms with van der Waals surface area (Å²) in [7, 11) is 1.68. The van der Waals surface area contributed by atoms with Gasteiger partial charge in [-0.2, -0.15) is 0 Å². The van der Waals surface area contributed by atoms with Gasteiger partial charge in [0.15, 0.2) is 0 Å². The van der Waals surface area contributed by atoms with Gasteiger partial charge in [-0.05, 0) is 55.9 Å². The first kappa shape index (κ1) is 14.6. The molecular weight excluding hydrogens is 288 g/mol. The van der Waals surface area contributed by atoms with Crippen LogP contribution in [0.5, 0.6) is 5.75 Å². The average Bonchev–Trinajstić information content (AvgIpc) is 3.12. The van der Waals surface area contributed by atoms with E-state index in [1.165, 1.54) is 25.7 Å². The molecule has 1 amide bonds. The normalized spacial score (nSPS) is 21.6. The molecule has 1 aromatic heterocycles. The largest absolute Gasteiger partial charge is 0.497 e. The summed E-state index contributed by atoms with van der Waals surface area (Å²) < 4.78 is 7.33. The van der Waals surface area contributed by atoms with Crippen LogP contribution >= 0.6 is 0 Å². The number of fused-ring (bicyclic) bond motifs is 1. The highest BCUT2D eigenvalue weighted by Crippen LogP contribution is 2.37. The van der Waals surface area contributed by atoms with Crippen molar-refractivity contribution in [2.75, 3.05) is 13.7 Å². The van der Waals surface area contributed by atoms with Gasteiger partial charge in [0.25, 0.3) is 0 Å². The van der Waals surface area contributed by atoms with Crippen LogP contribution in [0.4, 0.5) is 0 Å². The summed E-state index contributed by atoms with van der Waals surface area (Å²) in [5.41, 5.74) is 1.10. The van der Waals surface area contributed by atoms with Crippen molar-refractivity contribution in [1.82, 2.24) is 9.47 Å². The summed E-state index contributed by atoms with van der Waals surface area (Å²) in [5.74, 6) is 1.88. The molecule has 2 aliphatic rings. The van der Waals surface area contributed by atoms with E-state index in [2.05, 4.69) is 15.5 Å². The molecule has 0 spiro atoms. The zero-order valence-electron chi connectivity index (χ0n) is 13.7. The number of benzene rings is 1. The maximum Gasteiger partial charge on any atom is 0.242 e. The molecule has 2 heterocycles. The molecule has 1 aromatic carbocycles. The van der Waals surface area contributed by atoms with Gasteiger partial charge in [0.2, 0.25) is 5.91 Å². The molecule has 23 heavy (non-hydrogen) atoms. The molecule has 0 unspecified atom stereocenters. The van der Waals surface area contributed by atoms with Crippen molar-refractivity contribution in [2.24, 2.45) is 5.92 Å². The quantitative estimate of drug-likeness (QED) is 0.867. The van der Waals surface area contributed by atoms with E-state index < -0.39 is 0 Å². The van der Waals surface area contributed by atoms with E-state index in [1.54, 1.807) is 7.11 Å². The molecule has 2 fully saturated rings. The van der Waals surface area contributed by atoms with Gasteiger partial charge in [-0.3, -0.25) is 4.79 Å². The zero-order valence-corrected chi connectivity index (χ0v) is 13.7. The highest BCUT2D eigenvalue weighted by molar-refractivity contribution is 5.84. The number of hydrogen-bond acceptors (Lipinski definition) is 2.